The molecule has 0 aliphatic rings. The molecule has 20 heteroatoms. The molecule has 12 nitrogen and oxygen atoms in total. The Labute approximate surface area is 160 Å². The van der Waals surface area contributed by atoms with Gasteiger partial charge in [-0.3, -0.25) is 29.3 Å². The molecule has 0 saturated carbocycles. The summed E-state index contributed by atoms with van der Waals surface area (Å²) in [4.78, 5) is 0. The molecular formula is B4Co3O12W-6. The van der Waals surface area contributed by atoms with Gasteiger partial charge in [0.1, 0.15) is 0 Å². The van der Waals surface area contributed by atoms with Crippen molar-refractivity contribution < 1.29 is 132 Å². The van der Waals surface area contributed by atoms with Crippen LogP contribution in [0, 0.1) is 0 Å². The summed E-state index contributed by atoms with van der Waals surface area (Å²) < 4.78 is 0. The summed E-state index contributed by atoms with van der Waals surface area (Å²) in [6.45, 7) is 0. The molecule has 0 atom stereocenters. The SMILES string of the molecule is [Co+2].[Co+2].[Co+2].[O-]B([O-])[O-].[O-]B([O-])[O-].[O-]B([O-])[O-].[O-]B([O-])[O-].[W]. The molecule has 0 aliphatic heterocycles. The van der Waals surface area contributed by atoms with E-state index < -0.39 is 29.3 Å². The molecule has 123 valence electrons. The van der Waals surface area contributed by atoms with Crippen molar-refractivity contribution in [3.05, 3.63) is 0 Å². The smallest absolute Gasteiger partial charge is 0.907 e. The summed E-state index contributed by atoms with van der Waals surface area (Å²) in [5, 5.41) is 101. The standard InChI is InChI=1S/4BO3.3Co.W/c4*2-1(3)4;;;;/q4*-3;3*+2;. The number of hydrogen-bond acceptors (Lipinski definition) is 12. The summed E-state index contributed by atoms with van der Waals surface area (Å²) in [5.74, 6) is 0. The first-order valence-corrected chi connectivity index (χ1v) is 2.83. The molecule has 0 aliphatic carbocycles. The van der Waals surface area contributed by atoms with Gasteiger partial charge < -0.3 is 60.3 Å². The van der Waals surface area contributed by atoms with Gasteiger partial charge in [-0.2, -0.15) is 0 Å². The maximum absolute atomic E-state index is 8.42. The van der Waals surface area contributed by atoms with E-state index in [4.69, 9.17) is 60.3 Å². The molecule has 0 heterocycles. The van der Waals surface area contributed by atoms with E-state index in [1.807, 2.05) is 0 Å². The summed E-state index contributed by atoms with van der Waals surface area (Å²) >= 11 is 0. The van der Waals surface area contributed by atoms with E-state index >= 15 is 0 Å². The Morgan fingerprint density at radius 1 is 0.300 bits per heavy atom. The van der Waals surface area contributed by atoms with Crippen molar-refractivity contribution >= 4 is 29.3 Å². The Hall–Kier alpha value is 1.99. The Morgan fingerprint density at radius 2 is 0.300 bits per heavy atom. The molecule has 0 amide bonds. The van der Waals surface area contributed by atoms with Crippen molar-refractivity contribution in [3.63, 3.8) is 0 Å². The van der Waals surface area contributed by atoms with E-state index in [9.17, 15) is 0 Å². The van der Waals surface area contributed by atoms with Crippen LogP contribution in [0.2, 0.25) is 0 Å². The molecule has 0 bridgehead atoms. The van der Waals surface area contributed by atoms with E-state index in [1.54, 1.807) is 0 Å². The van der Waals surface area contributed by atoms with Crippen LogP contribution in [0.1, 0.15) is 0 Å². The fraction of sp³-hybridized carbons (Fsp3) is 0. The summed E-state index contributed by atoms with van der Waals surface area (Å²) in [6, 6.07) is 0. The maximum atomic E-state index is 8.42. The van der Waals surface area contributed by atoms with Crippen molar-refractivity contribution in [1.82, 2.24) is 0 Å². The van der Waals surface area contributed by atoms with E-state index in [-0.39, 0.29) is 71.4 Å². The second-order valence-corrected chi connectivity index (χ2v) is 1.15. The van der Waals surface area contributed by atoms with Gasteiger partial charge in [0.15, 0.2) is 0 Å². The molecule has 0 rings (SSSR count). The molecular weight excluding hydrogens is 596 g/mol. The van der Waals surface area contributed by atoms with Gasteiger partial charge in [-0.25, -0.2) is 0 Å². The first-order valence-electron chi connectivity index (χ1n) is 2.83. The Kier molecular flexibility index (Phi) is 106. The normalized spacial score (nSPS) is 5.40. The van der Waals surface area contributed by atoms with Gasteiger partial charge in [-0.15, -0.1) is 0 Å². The number of rotatable bonds is 0. The van der Waals surface area contributed by atoms with E-state index in [0.29, 0.717) is 0 Å². The van der Waals surface area contributed by atoms with Crippen LogP contribution in [0.15, 0.2) is 0 Å². The van der Waals surface area contributed by atoms with Crippen molar-refractivity contribution in [3.8, 4) is 0 Å². The predicted molar refractivity (Wildman–Crippen MR) is 23.0 cm³/mol. The van der Waals surface area contributed by atoms with E-state index in [2.05, 4.69) is 0 Å². The molecule has 0 fully saturated rings. The molecule has 0 unspecified atom stereocenters. The average molecular weight is 596 g/mol. The van der Waals surface area contributed by atoms with Crippen LogP contribution in [-0.4, -0.2) is 29.3 Å². The third kappa shape index (κ3) is 1820. The van der Waals surface area contributed by atoms with Crippen molar-refractivity contribution in [2.45, 2.75) is 0 Å². The minimum absolute atomic E-state index is 0. The minimum Gasteiger partial charge on any atom is -0.907 e. The fourth-order valence-electron chi connectivity index (χ4n) is 0. The van der Waals surface area contributed by atoms with Crippen molar-refractivity contribution in [1.29, 1.82) is 0 Å². The van der Waals surface area contributed by atoms with Gasteiger partial charge in [0, 0.05) is 21.1 Å². The first kappa shape index (κ1) is 49.5. The molecule has 0 aromatic carbocycles. The van der Waals surface area contributed by atoms with Gasteiger partial charge >= 0.3 is 50.3 Å². The Balaban J connectivity index is -0.0000000150. The fourth-order valence-corrected chi connectivity index (χ4v) is 0. The quantitative estimate of drug-likeness (QED) is 0.236. The van der Waals surface area contributed by atoms with Crippen molar-refractivity contribution in [2.75, 3.05) is 0 Å². The topological polar surface area (TPSA) is 277 Å². The number of hydrogen-bond donors (Lipinski definition) is 0. The van der Waals surface area contributed by atoms with E-state index in [0.717, 1.165) is 0 Å². The van der Waals surface area contributed by atoms with E-state index in [1.165, 1.54) is 0 Å². The molecule has 0 saturated heterocycles. The van der Waals surface area contributed by atoms with Crippen LogP contribution in [0.5, 0.6) is 0 Å². The zero-order chi connectivity index (χ0) is 14.3. The molecule has 20 heavy (non-hydrogen) atoms. The van der Waals surface area contributed by atoms with Gasteiger partial charge in [0.2, 0.25) is 0 Å². The van der Waals surface area contributed by atoms with Crippen LogP contribution < -0.4 is 60.3 Å². The second kappa shape index (κ2) is 42.9. The van der Waals surface area contributed by atoms with Crippen LogP contribution in [-0.2, 0) is 71.4 Å². The van der Waals surface area contributed by atoms with Crippen molar-refractivity contribution in [2.24, 2.45) is 0 Å². The largest absolute Gasteiger partial charge is 2.00 e. The summed E-state index contributed by atoms with van der Waals surface area (Å²) in [7, 11) is -11.7. The zero-order valence-corrected chi connectivity index (χ0v) is 14.7. The first-order chi connectivity index (χ1) is 6.93. The molecule has 0 N–H and O–H groups in total. The molecule has 0 aromatic heterocycles. The minimum atomic E-state index is -2.92. The van der Waals surface area contributed by atoms with Crippen LogP contribution in [0.4, 0.5) is 0 Å². The molecule has 3 radical (unpaired) electrons. The van der Waals surface area contributed by atoms with Crippen LogP contribution in [0.25, 0.3) is 0 Å². The maximum Gasteiger partial charge on any atom is 2.00 e. The monoisotopic (exact) mass is 597 g/mol. The Bertz CT molecular complexity index is 73.7. The van der Waals surface area contributed by atoms with Crippen LogP contribution >= 0.6 is 0 Å². The molecule has 0 spiro atoms. The zero-order valence-electron chi connectivity index (χ0n) is 8.62. The summed E-state index contributed by atoms with van der Waals surface area (Å²) in [6.07, 6.45) is 0. The summed E-state index contributed by atoms with van der Waals surface area (Å²) in [5.41, 5.74) is 0. The molecule has 0 aromatic rings. The average Bonchev–Trinajstić information content (AvgIpc) is 1.76. The van der Waals surface area contributed by atoms with Gasteiger partial charge in [0.25, 0.3) is 0 Å². The van der Waals surface area contributed by atoms with Gasteiger partial charge in [-0.1, -0.05) is 0 Å². The third-order valence-electron chi connectivity index (χ3n) is 0. The second-order valence-electron chi connectivity index (χ2n) is 1.15. The predicted octanol–water partition coefficient (Wildman–Crippen LogP) is -15.8. The van der Waals surface area contributed by atoms with Gasteiger partial charge in [-0.05, 0) is 0 Å². The Morgan fingerprint density at radius 3 is 0.300 bits per heavy atom. The third-order valence-corrected chi connectivity index (χ3v) is 0. The van der Waals surface area contributed by atoms with Crippen LogP contribution in [0.3, 0.4) is 0 Å². The van der Waals surface area contributed by atoms with Gasteiger partial charge in [0.05, 0.1) is 0 Å².